The summed E-state index contributed by atoms with van der Waals surface area (Å²) in [6.07, 6.45) is 0. The van der Waals surface area contributed by atoms with Crippen LogP contribution in [0.4, 0.5) is 11.5 Å². The predicted octanol–water partition coefficient (Wildman–Crippen LogP) is 3.58. The number of aromatic nitrogens is 3. The zero-order valence-electron chi connectivity index (χ0n) is 12.8. The molecular weight excluding hydrogens is 328 g/mol. The molecule has 0 aliphatic heterocycles. The molecule has 0 spiro atoms. The van der Waals surface area contributed by atoms with E-state index in [1.165, 1.54) is 21.2 Å². The normalized spacial score (nSPS) is 10.7. The van der Waals surface area contributed by atoms with Crippen LogP contribution in [0.2, 0.25) is 0 Å². The number of thioether (sulfide) groups is 1. The Labute approximate surface area is 142 Å². The second-order valence-electron chi connectivity index (χ2n) is 5.05. The Morgan fingerprint density at radius 1 is 1.22 bits per heavy atom. The molecule has 1 N–H and O–H groups in total. The van der Waals surface area contributed by atoms with Crippen LogP contribution in [0.1, 0.15) is 10.4 Å². The summed E-state index contributed by atoms with van der Waals surface area (Å²) in [6.45, 7) is 2.02. The largest absolute Gasteiger partial charge is 0.334 e. The first-order chi connectivity index (χ1) is 11.1. The van der Waals surface area contributed by atoms with Crippen molar-refractivity contribution in [3.8, 4) is 0 Å². The van der Waals surface area contributed by atoms with Crippen molar-refractivity contribution in [3.63, 3.8) is 0 Å². The van der Waals surface area contributed by atoms with E-state index in [0.29, 0.717) is 5.16 Å². The Kier molecular flexibility index (Phi) is 4.78. The van der Waals surface area contributed by atoms with Crippen molar-refractivity contribution in [3.05, 3.63) is 62.6 Å². The average molecular weight is 344 g/mol. The molecule has 23 heavy (non-hydrogen) atoms. The lowest BCUT2D eigenvalue weighted by Crippen LogP contribution is -2.24. The lowest BCUT2D eigenvalue weighted by molar-refractivity contribution is 0.667. The van der Waals surface area contributed by atoms with Gasteiger partial charge in [-0.15, -0.1) is 21.5 Å². The van der Waals surface area contributed by atoms with E-state index in [9.17, 15) is 4.79 Å². The maximum atomic E-state index is 12.4. The number of benzene rings is 1. The molecule has 0 aliphatic rings. The van der Waals surface area contributed by atoms with Gasteiger partial charge in [0.05, 0.1) is 0 Å². The maximum absolute atomic E-state index is 12.4. The third kappa shape index (κ3) is 3.80. The quantitative estimate of drug-likeness (QED) is 0.717. The van der Waals surface area contributed by atoms with Crippen molar-refractivity contribution in [1.82, 2.24) is 14.8 Å². The van der Waals surface area contributed by atoms with Gasteiger partial charge < -0.3 is 5.32 Å². The van der Waals surface area contributed by atoms with Crippen LogP contribution in [0.25, 0.3) is 0 Å². The van der Waals surface area contributed by atoms with Gasteiger partial charge in [-0.25, -0.2) is 0 Å². The highest BCUT2D eigenvalue weighted by molar-refractivity contribution is 7.98. The van der Waals surface area contributed by atoms with Crippen molar-refractivity contribution in [2.45, 2.75) is 17.8 Å². The molecule has 1 aromatic carbocycles. The number of thiophene rings is 1. The molecule has 0 atom stereocenters. The van der Waals surface area contributed by atoms with Crippen LogP contribution < -0.4 is 10.9 Å². The van der Waals surface area contributed by atoms with Crippen LogP contribution in [0, 0.1) is 6.92 Å². The summed E-state index contributed by atoms with van der Waals surface area (Å²) < 4.78 is 1.53. The number of aryl methyl sites for hydroxylation is 1. The molecule has 0 saturated carbocycles. The van der Waals surface area contributed by atoms with Crippen LogP contribution >= 0.6 is 23.1 Å². The summed E-state index contributed by atoms with van der Waals surface area (Å²) in [5.41, 5.74) is 1.80. The minimum absolute atomic E-state index is 0.186. The third-order valence-electron chi connectivity index (χ3n) is 3.27. The smallest absolute Gasteiger partial charge is 0.297 e. The van der Waals surface area contributed by atoms with Gasteiger partial charge in [0.2, 0.25) is 5.82 Å². The fraction of sp³-hybridized carbons (Fsp3) is 0.188. The summed E-state index contributed by atoms with van der Waals surface area (Å²) in [6, 6.07) is 11.9. The zero-order chi connectivity index (χ0) is 16.2. The van der Waals surface area contributed by atoms with Gasteiger partial charge in [-0.3, -0.25) is 9.36 Å². The lowest BCUT2D eigenvalue weighted by atomic mass is 10.2. The van der Waals surface area contributed by atoms with E-state index in [2.05, 4.69) is 21.6 Å². The van der Waals surface area contributed by atoms with Gasteiger partial charge in [-0.2, -0.15) is 0 Å². The number of hydrogen-bond donors (Lipinski definition) is 1. The zero-order valence-corrected chi connectivity index (χ0v) is 14.4. The number of nitrogens with one attached hydrogen (secondary N) is 1. The summed E-state index contributed by atoms with van der Waals surface area (Å²) in [7, 11) is 1.72. The Bertz CT molecular complexity index is 842. The van der Waals surface area contributed by atoms with Crippen LogP contribution in [0.5, 0.6) is 0 Å². The summed E-state index contributed by atoms with van der Waals surface area (Å²) in [4.78, 5) is 13.7. The Balaban J connectivity index is 1.77. The minimum atomic E-state index is -0.186. The van der Waals surface area contributed by atoms with Gasteiger partial charge in [-0.05, 0) is 30.5 Å². The molecule has 3 rings (SSSR count). The number of nitrogens with zero attached hydrogens (tertiary/aromatic N) is 3. The van der Waals surface area contributed by atoms with Crippen LogP contribution in [-0.2, 0) is 12.8 Å². The van der Waals surface area contributed by atoms with E-state index in [-0.39, 0.29) is 11.4 Å². The molecule has 0 radical (unpaired) electrons. The predicted molar refractivity (Wildman–Crippen MR) is 95.6 cm³/mol. The van der Waals surface area contributed by atoms with Crippen LogP contribution in [0.3, 0.4) is 0 Å². The fourth-order valence-electron chi connectivity index (χ4n) is 1.96. The number of anilines is 2. The molecule has 0 bridgehead atoms. The van der Waals surface area contributed by atoms with Gasteiger partial charge in [0, 0.05) is 23.4 Å². The van der Waals surface area contributed by atoms with Crippen molar-refractivity contribution >= 4 is 34.6 Å². The third-order valence-corrected chi connectivity index (χ3v) is 5.40. The number of rotatable bonds is 5. The van der Waals surface area contributed by atoms with Crippen molar-refractivity contribution in [2.24, 2.45) is 7.05 Å². The van der Waals surface area contributed by atoms with Crippen molar-refractivity contribution < 1.29 is 0 Å². The Hall–Kier alpha value is -2.12. The summed E-state index contributed by atoms with van der Waals surface area (Å²) >= 11 is 3.20. The van der Waals surface area contributed by atoms with Gasteiger partial charge in [0.1, 0.15) is 0 Å². The second-order valence-corrected chi connectivity index (χ2v) is 7.03. The lowest BCUT2D eigenvalue weighted by Gasteiger charge is -2.09. The van der Waals surface area contributed by atoms with Gasteiger partial charge in [0.15, 0.2) is 5.16 Å². The van der Waals surface area contributed by atoms with Gasteiger partial charge in [0.25, 0.3) is 5.56 Å². The molecule has 5 nitrogen and oxygen atoms in total. The van der Waals surface area contributed by atoms with E-state index in [4.69, 9.17) is 0 Å². The van der Waals surface area contributed by atoms with Crippen molar-refractivity contribution in [2.75, 3.05) is 5.32 Å². The van der Waals surface area contributed by atoms with E-state index in [0.717, 1.165) is 17.0 Å². The first-order valence-corrected chi connectivity index (χ1v) is 8.92. The molecule has 0 saturated heterocycles. The second kappa shape index (κ2) is 6.97. The highest BCUT2D eigenvalue weighted by Gasteiger charge is 2.10. The van der Waals surface area contributed by atoms with Crippen LogP contribution in [-0.4, -0.2) is 14.8 Å². The van der Waals surface area contributed by atoms with Crippen LogP contribution in [0.15, 0.2) is 51.7 Å². The molecule has 118 valence electrons. The average Bonchev–Trinajstić information content (AvgIpc) is 3.07. The fourth-order valence-corrected chi connectivity index (χ4v) is 3.64. The van der Waals surface area contributed by atoms with E-state index in [1.54, 1.807) is 18.4 Å². The Morgan fingerprint density at radius 3 is 2.70 bits per heavy atom. The SMILES string of the molecule is Cc1ccc(Nc2nnc(SCc3cccs3)n(C)c2=O)cc1. The molecule has 3 aromatic rings. The van der Waals surface area contributed by atoms with Crippen molar-refractivity contribution in [1.29, 1.82) is 0 Å². The maximum Gasteiger partial charge on any atom is 0.297 e. The standard InChI is InChI=1S/C16H16N4OS2/c1-11-5-7-12(8-6-11)17-14-15(21)20(2)16(19-18-14)23-10-13-4-3-9-22-13/h3-9H,10H2,1-2H3,(H,17,18). The molecule has 0 amide bonds. The molecule has 2 aromatic heterocycles. The Morgan fingerprint density at radius 2 is 2.00 bits per heavy atom. The molecule has 7 heteroatoms. The highest BCUT2D eigenvalue weighted by Crippen LogP contribution is 2.22. The van der Waals surface area contributed by atoms with E-state index < -0.39 is 0 Å². The van der Waals surface area contributed by atoms with E-state index in [1.807, 2.05) is 42.6 Å². The molecule has 0 fully saturated rings. The van der Waals surface area contributed by atoms with E-state index >= 15 is 0 Å². The number of hydrogen-bond acceptors (Lipinski definition) is 6. The first-order valence-electron chi connectivity index (χ1n) is 7.06. The van der Waals surface area contributed by atoms with Gasteiger partial charge >= 0.3 is 0 Å². The minimum Gasteiger partial charge on any atom is -0.334 e. The first kappa shape index (κ1) is 15.8. The van der Waals surface area contributed by atoms with Gasteiger partial charge in [-0.1, -0.05) is 35.5 Å². The highest BCUT2D eigenvalue weighted by atomic mass is 32.2. The molecule has 2 heterocycles. The molecule has 0 aliphatic carbocycles. The topological polar surface area (TPSA) is 59.8 Å². The molecular formula is C16H16N4OS2. The monoisotopic (exact) mass is 344 g/mol. The molecule has 0 unspecified atom stereocenters. The summed E-state index contributed by atoms with van der Waals surface area (Å²) in [5, 5.41) is 13.9. The summed E-state index contributed by atoms with van der Waals surface area (Å²) in [5.74, 6) is 1.02.